The van der Waals surface area contributed by atoms with Crippen LogP contribution < -0.4 is 5.73 Å². The first kappa shape index (κ1) is 11.5. The number of phenolic OH excluding ortho intramolecular Hbond substituents is 1. The van der Waals surface area contributed by atoms with Crippen LogP contribution in [0.2, 0.25) is 0 Å². The minimum absolute atomic E-state index is 0.213. The van der Waals surface area contributed by atoms with Crippen molar-refractivity contribution in [3.8, 4) is 5.75 Å². The first-order valence-electron chi connectivity index (χ1n) is 3.42. The van der Waals surface area contributed by atoms with Crippen molar-refractivity contribution in [3.05, 3.63) is 36.9 Å². The van der Waals surface area contributed by atoms with Crippen molar-refractivity contribution in [2.75, 3.05) is 5.73 Å². The Balaban J connectivity index is 0.000000252. The summed E-state index contributed by atoms with van der Waals surface area (Å²) in [5.74, 6) is 0.213. The topological polar surface area (TPSA) is 63.3 Å². The summed E-state index contributed by atoms with van der Waals surface area (Å²) >= 11 is 4.71. The molecule has 0 spiro atoms. The molecule has 0 radical (unpaired) electrons. The monoisotopic (exact) mass is 199 g/mol. The molecule has 13 heavy (non-hydrogen) atoms. The summed E-state index contributed by atoms with van der Waals surface area (Å²) in [4.78, 5) is 9.46. The van der Waals surface area contributed by atoms with Gasteiger partial charge in [0.2, 0.25) is 5.24 Å². The van der Waals surface area contributed by atoms with Crippen molar-refractivity contribution in [2.45, 2.75) is 0 Å². The number of benzene rings is 1. The van der Waals surface area contributed by atoms with Crippen molar-refractivity contribution >= 4 is 22.5 Å². The Hall–Kier alpha value is -1.48. The molecule has 0 aromatic heterocycles. The molecule has 0 unspecified atom stereocenters. The lowest BCUT2D eigenvalue weighted by Gasteiger charge is -1.90. The Morgan fingerprint density at radius 1 is 1.62 bits per heavy atom. The molecule has 0 atom stereocenters. The highest BCUT2D eigenvalue weighted by molar-refractivity contribution is 6.66. The molecule has 0 fully saturated rings. The molecule has 3 nitrogen and oxygen atoms in total. The summed E-state index contributed by atoms with van der Waals surface area (Å²) in [5, 5.41) is 8.22. The van der Waals surface area contributed by atoms with Crippen LogP contribution in [0.15, 0.2) is 36.9 Å². The van der Waals surface area contributed by atoms with Crippen LogP contribution in [0.5, 0.6) is 5.75 Å². The number of hydrogen-bond acceptors (Lipinski definition) is 3. The van der Waals surface area contributed by atoms with Crippen molar-refractivity contribution in [2.24, 2.45) is 0 Å². The number of rotatable bonds is 1. The molecule has 1 aromatic carbocycles. The average Bonchev–Trinajstić information content (AvgIpc) is 2.05. The van der Waals surface area contributed by atoms with Crippen molar-refractivity contribution in [3.63, 3.8) is 0 Å². The van der Waals surface area contributed by atoms with Gasteiger partial charge in [-0.05, 0) is 29.8 Å². The third-order valence-corrected chi connectivity index (χ3v) is 1.18. The molecule has 0 saturated heterocycles. The number of carbonyl (C=O) groups is 1. The minimum atomic E-state index is -0.509. The Bertz CT molecular complexity index is 282. The molecule has 0 amide bonds. The van der Waals surface area contributed by atoms with Gasteiger partial charge in [0.25, 0.3) is 0 Å². The zero-order valence-electron chi connectivity index (χ0n) is 6.90. The number of hydrogen-bond donors (Lipinski definition) is 2. The van der Waals surface area contributed by atoms with Gasteiger partial charge in [0, 0.05) is 11.8 Å². The number of nitrogen functional groups attached to an aromatic ring is 1. The molecule has 4 heteroatoms. The molecule has 0 heterocycles. The molecule has 3 N–H and O–H groups in total. The number of allylic oxidation sites excluding steroid dienone is 1. The van der Waals surface area contributed by atoms with Crippen molar-refractivity contribution in [1.82, 2.24) is 0 Å². The molecule has 0 aliphatic rings. The van der Waals surface area contributed by atoms with E-state index in [1.54, 1.807) is 18.2 Å². The second kappa shape index (κ2) is 6.08. The normalized spacial score (nSPS) is 8.08. The molecule has 1 rings (SSSR count). The fourth-order valence-corrected chi connectivity index (χ4v) is 0.525. The summed E-state index contributed by atoms with van der Waals surface area (Å²) in [7, 11) is 0. The SMILES string of the molecule is C=CC(=O)Cl.Nc1cccc(O)c1. The van der Waals surface area contributed by atoms with Crippen LogP contribution in [0.25, 0.3) is 0 Å². The third kappa shape index (κ3) is 6.90. The molecule has 70 valence electrons. The third-order valence-electron chi connectivity index (χ3n) is 1.03. The number of nitrogens with two attached hydrogens (primary N) is 1. The van der Waals surface area contributed by atoms with Gasteiger partial charge in [0.05, 0.1) is 0 Å². The van der Waals surface area contributed by atoms with E-state index in [0.29, 0.717) is 5.69 Å². The number of halogens is 1. The first-order chi connectivity index (χ1) is 6.06. The smallest absolute Gasteiger partial charge is 0.244 e. The van der Waals surface area contributed by atoms with Crippen LogP contribution in [-0.4, -0.2) is 10.3 Å². The lowest BCUT2D eigenvalue weighted by Crippen LogP contribution is -1.80. The van der Waals surface area contributed by atoms with E-state index in [4.69, 9.17) is 22.4 Å². The Morgan fingerprint density at radius 3 is 2.38 bits per heavy atom. The van der Waals surface area contributed by atoms with Gasteiger partial charge in [0.15, 0.2) is 0 Å². The van der Waals surface area contributed by atoms with Crippen LogP contribution in [-0.2, 0) is 4.79 Å². The fourth-order valence-electron chi connectivity index (χ4n) is 0.525. The van der Waals surface area contributed by atoms with Crippen molar-refractivity contribution < 1.29 is 9.90 Å². The number of carbonyl (C=O) groups excluding carboxylic acids is 1. The summed E-state index contributed by atoms with van der Waals surface area (Å²) in [5.41, 5.74) is 5.89. The summed E-state index contributed by atoms with van der Waals surface area (Å²) < 4.78 is 0. The average molecular weight is 200 g/mol. The van der Waals surface area contributed by atoms with E-state index in [1.807, 2.05) is 0 Å². The fraction of sp³-hybridized carbons (Fsp3) is 0. The number of phenols is 1. The van der Waals surface area contributed by atoms with E-state index in [0.717, 1.165) is 6.08 Å². The molecule has 1 aromatic rings. The Kier molecular flexibility index (Phi) is 5.39. The Labute approximate surface area is 81.4 Å². The molecule has 0 aliphatic heterocycles. The van der Waals surface area contributed by atoms with E-state index in [-0.39, 0.29) is 5.75 Å². The molecule has 0 aliphatic carbocycles. The van der Waals surface area contributed by atoms with Gasteiger partial charge in [-0.25, -0.2) is 0 Å². The van der Waals surface area contributed by atoms with Crippen LogP contribution >= 0.6 is 11.6 Å². The van der Waals surface area contributed by atoms with Gasteiger partial charge in [-0.15, -0.1) is 0 Å². The molecule has 0 saturated carbocycles. The molecule has 0 bridgehead atoms. The van der Waals surface area contributed by atoms with E-state index in [2.05, 4.69) is 6.58 Å². The van der Waals surface area contributed by atoms with Gasteiger partial charge in [-0.1, -0.05) is 12.6 Å². The second-order valence-electron chi connectivity index (χ2n) is 2.10. The highest BCUT2D eigenvalue weighted by Gasteiger charge is 1.83. The van der Waals surface area contributed by atoms with Crippen LogP contribution in [0, 0.1) is 0 Å². The van der Waals surface area contributed by atoms with Gasteiger partial charge >= 0.3 is 0 Å². The summed E-state index contributed by atoms with van der Waals surface area (Å²) in [6.45, 7) is 3.08. The van der Waals surface area contributed by atoms with Gasteiger partial charge < -0.3 is 10.8 Å². The van der Waals surface area contributed by atoms with E-state index in [9.17, 15) is 4.79 Å². The van der Waals surface area contributed by atoms with E-state index in [1.165, 1.54) is 6.07 Å². The quantitative estimate of drug-likeness (QED) is 0.413. The summed E-state index contributed by atoms with van der Waals surface area (Å²) in [6, 6.07) is 6.50. The van der Waals surface area contributed by atoms with E-state index < -0.39 is 5.24 Å². The number of aromatic hydroxyl groups is 1. The number of anilines is 1. The van der Waals surface area contributed by atoms with Crippen LogP contribution in [0.1, 0.15) is 0 Å². The van der Waals surface area contributed by atoms with Gasteiger partial charge in [-0.2, -0.15) is 0 Å². The maximum atomic E-state index is 9.46. The lowest BCUT2D eigenvalue weighted by molar-refractivity contribution is -0.107. The zero-order chi connectivity index (χ0) is 10.3. The van der Waals surface area contributed by atoms with Crippen molar-refractivity contribution in [1.29, 1.82) is 0 Å². The molecular formula is C9H10ClNO2. The minimum Gasteiger partial charge on any atom is -0.508 e. The van der Waals surface area contributed by atoms with E-state index >= 15 is 0 Å². The van der Waals surface area contributed by atoms with Crippen LogP contribution in [0.4, 0.5) is 5.69 Å². The second-order valence-corrected chi connectivity index (χ2v) is 2.48. The predicted octanol–water partition coefficient (Wildman–Crippen LogP) is 1.91. The zero-order valence-corrected chi connectivity index (χ0v) is 7.66. The summed E-state index contributed by atoms with van der Waals surface area (Å²) in [6.07, 6.45) is 1.04. The first-order valence-corrected chi connectivity index (χ1v) is 3.80. The highest BCUT2D eigenvalue weighted by Crippen LogP contribution is 2.10. The maximum absolute atomic E-state index is 9.46. The molecular weight excluding hydrogens is 190 g/mol. The largest absolute Gasteiger partial charge is 0.508 e. The van der Waals surface area contributed by atoms with Gasteiger partial charge in [0.1, 0.15) is 5.75 Å². The van der Waals surface area contributed by atoms with Gasteiger partial charge in [-0.3, -0.25) is 4.79 Å². The maximum Gasteiger partial charge on any atom is 0.244 e. The predicted molar refractivity (Wildman–Crippen MR) is 53.6 cm³/mol. The standard InChI is InChI=1S/C6H7NO.C3H3ClO/c7-5-2-1-3-6(8)4-5;1-2-3(4)5/h1-4,8H,7H2;2H,1H2. The highest BCUT2D eigenvalue weighted by atomic mass is 35.5. The Morgan fingerprint density at radius 2 is 2.15 bits per heavy atom. The lowest BCUT2D eigenvalue weighted by atomic mass is 10.3. The van der Waals surface area contributed by atoms with Crippen LogP contribution in [0.3, 0.4) is 0 Å².